The molecule has 3 atom stereocenters. The standard InChI is InChI=1S/C14H27NS/c1-11-8-9-13(15-2)14(10-11)16-12-6-4-3-5-7-12/h11-15H,3-10H2,1-2H3. The molecule has 94 valence electrons. The predicted octanol–water partition coefficient (Wildman–Crippen LogP) is 3.83. The summed E-state index contributed by atoms with van der Waals surface area (Å²) in [6.07, 6.45) is 11.6. The minimum Gasteiger partial charge on any atom is -0.316 e. The molecule has 0 aromatic heterocycles. The van der Waals surface area contributed by atoms with Crippen molar-refractivity contribution in [3.8, 4) is 0 Å². The van der Waals surface area contributed by atoms with E-state index >= 15 is 0 Å². The van der Waals surface area contributed by atoms with E-state index in [9.17, 15) is 0 Å². The first-order valence-electron chi connectivity index (χ1n) is 7.12. The molecule has 0 bridgehead atoms. The first kappa shape index (κ1) is 12.8. The second-order valence-corrected chi connectivity index (χ2v) is 7.29. The monoisotopic (exact) mass is 241 g/mol. The fraction of sp³-hybridized carbons (Fsp3) is 1.00. The lowest BCUT2D eigenvalue weighted by molar-refractivity contribution is 0.327. The lowest BCUT2D eigenvalue weighted by atomic mass is 9.87. The molecule has 16 heavy (non-hydrogen) atoms. The van der Waals surface area contributed by atoms with Gasteiger partial charge in [0, 0.05) is 16.5 Å². The molecule has 0 aromatic carbocycles. The molecule has 0 radical (unpaired) electrons. The van der Waals surface area contributed by atoms with E-state index in [1.807, 2.05) is 0 Å². The Hall–Kier alpha value is 0.310. The highest BCUT2D eigenvalue weighted by atomic mass is 32.2. The Labute approximate surface area is 105 Å². The van der Waals surface area contributed by atoms with Gasteiger partial charge >= 0.3 is 0 Å². The second-order valence-electron chi connectivity index (χ2n) is 5.75. The molecule has 2 aliphatic carbocycles. The molecule has 0 saturated heterocycles. The summed E-state index contributed by atoms with van der Waals surface area (Å²) >= 11 is 2.32. The highest BCUT2D eigenvalue weighted by Crippen LogP contribution is 2.38. The second kappa shape index (κ2) is 6.30. The van der Waals surface area contributed by atoms with E-state index < -0.39 is 0 Å². The zero-order chi connectivity index (χ0) is 11.4. The van der Waals surface area contributed by atoms with Crippen LogP contribution in [0.3, 0.4) is 0 Å². The van der Waals surface area contributed by atoms with Crippen LogP contribution in [-0.2, 0) is 0 Å². The van der Waals surface area contributed by atoms with Gasteiger partial charge in [-0.05, 0) is 45.1 Å². The van der Waals surface area contributed by atoms with Gasteiger partial charge in [0.05, 0.1) is 0 Å². The first-order valence-corrected chi connectivity index (χ1v) is 8.06. The van der Waals surface area contributed by atoms with E-state index in [-0.39, 0.29) is 0 Å². The molecule has 1 N–H and O–H groups in total. The quantitative estimate of drug-likeness (QED) is 0.806. The SMILES string of the molecule is CNC1CCC(C)CC1SC1CCCCC1. The molecule has 2 fully saturated rings. The van der Waals surface area contributed by atoms with Crippen LogP contribution >= 0.6 is 11.8 Å². The number of hydrogen-bond donors (Lipinski definition) is 1. The molecule has 2 heteroatoms. The van der Waals surface area contributed by atoms with Crippen molar-refractivity contribution >= 4 is 11.8 Å². The first-order chi connectivity index (χ1) is 7.79. The van der Waals surface area contributed by atoms with Gasteiger partial charge in [-0.3, -0.25) is 0 Å². The van der Waals surface area contributed by atoms with Crippen molar-refractivity contribution in [1.29, 1.82) is 0 Å². The normalized spacial score (nSPS) is 37.5. The predicted molar refractivity (Wildman–Crippen MR) is 74.1 cm³/mol. The number of nitrogens with one attached hydrogen (secondary N) is 1. The van der Waals surface area contributed by atoms with Gasteiger partial charge in [-0.25, -0.2) is 0 Å². The molecule has 2 saturated carbocycles. The van der Waals surface area contributed by atoms with Crippen LogP contribution in [0.25, 0.3) is 0 Å². The van der Waals surface area contributed by atoms with Crippen LogP contribution in [0.15, 0.2) is 0 Å². The lowest BCUT2D eigenvalue weighted by Crippen LogP contribution is -2.41. The van der Waals surface area contributed by atoms with Gasteiger partial charge in [0.2, 0.25) is 0 Å². The Morgan fingerprint density at radius 1 is 1.00 bits per heavy atom. The lowest BCUT2D eigenvalue weighted by Gasteiger charge is -2.37. The average Bonchev–Trinajstić information content (AvgIpc) is 2.31. The molecule has 2 rings (SSSR count). The number of rotatable bonds is 3. The molecule has 0 aromatic rings. The highest BCUT2D eigenvalue weighted by molar-refractivity contribution is 8.00. The summed E-state index contributed by atoms with van der Waals surface area (Å²) in [5, 5.41) is 5.40. The maximum absolute atomic E-state index is 3.54. The third kappa shape index (κ3) is 3.40. The Morgan fingerprint density at radius 3 is 2.44 bits per heavy atom. The molecule has 0 spiro atoms. The molecule has 0 amide bonds. The van der Waals surface area contributed by atoms with Gasteiger partial charge in [0.15, 0.2) is 0 Å². The molecule has 1 nitrogen and oxygen atoms in total. The number of thioether (sulfide) groups is 1. The molecular weight excluding hydrogens is 214 g/mol. The van der Waals surface area contributed by atoms with Gasteiger partial charge in [-0.2, -0.15) is 11.8 Å². The zero-order valence-corrected chi connectivity index (χ0v) is 11.7. The van der Waals surface area contributed by atoms with Crippen molar-refractivity contribution in [2.24, 2.45) is 5.92 Å². The zero-order valence-electron chi connectivity index (χ0n) is 10.9. The van der Waals surface area contributed by atoms with E-state index in [4.69, 9.17) is 0 Å². The van der Waals surface area contributed by atoms with Crippen molar-refractivity contribution in [3.05, 3.63) is 0 Å². The smallest absolute Gasteiger partial charge is 0.0206 e. The average molecular weight is 241 g/mol. The van der Waals surface area contributed by atoms with Crippen LogP contribution in [0.1, 0.15) is 58.3 Å². The summed E-state index contributed by atoms with van der Waals surface area (Å²) < 4.78 is 0. The van der Waals surface area contributed by atoms with Crippen molar-refractivity contribution in [2.75, 3.05) is 7.05 Å². The molecule has 0 heterocycles. The van der Waals surface area contributed by atoms with E-state index in [0.29, 0.717) is 0 Å². The third-order valence-electron chi connectivity index (χ3n) is 4.34. The van der Waals surface area contributed by atoms with Crippen molar-refractivity contribution < 1.29 is 0 Å². The van der Waals surface area contributed by atoms with Crippen LogP contribution < -0.4 is 5.32 Å². The van der Waals surface area contributed by atoms with Crippen LogP contribution in [-0.4, -0.2) is 23.6 Å². The number of hydrogen-bond acceptors (Lipinski definition) is 2. The molecule has 3 unspecified atom stereocenters. The fourth-order valence-corrected chi connectivity index (χ4v) is 5.26. The Kier molecular flexibility index (Phi) is 5.02. The van der Waals surface area contributed by atoms with Crippen molar-refractivity contribution in [2.45, 2.75) is 74.8 Å². The van der Waals surface area contributed by atoms with E-state index in [2.05, 4.69) is 31.1 Å². The van der Waals surface area contributed by atoms with Gasteiger partial charge in [0.1, 0.15) is 0 Å². The summed E-state index contributed by atoms with van der Waals surface area (Å²) in [6.45, 7) is 2.43. The van der Waals surface area contributed by atoms with Gasteiger partial charge in [-0.1, -0.05) is 26.2 Å². The summed E-state index contributed by atoms with van der Waals surface area (Å²) in [7, 11) is 2.15. The van der Waals surface area contributed by atoms with E-state index in [0.717, 1.165) is 22.5 Å². The van der Waals surface area contributed by atoms with Crippen LogP contribution in [0.5, 0.6) is 0 Å². The van der Waals surface area contributed by atoms with Gasteiger partial charge in [-0.15, -0.1) is 0 Å². The van der Waals surface area contributed by atoms with Gasteiger partial charge in [0.25, 0.3) is 0 Å². The third-order valence-corrected chi connectivity index (χ3v) is 6.07. The van der Waals surface area contributed by atoms with E-state index in [1.165, 1.54) is 51.4 Å². The fourth-order valence-electron chi connectivity index (χ4n) is 3.26. The minimum absolute atomic E-state index is 0.781. The maximum Gasteiger partial charge on any atom is 0.0206 e. The summed E-state index contributed by atoms with van der Waals surface area (Å²) in [6, 6.07) is 0.781. The topological polar surface area (TPSA) is 12.0 Å². The van der Waals surface area contributed by atoms with Crippen molar-refractivity contribution in [3.63, 3.8) is 0 Å². The van der Waals surface area contributed by atoms with E-state index in [1.54, 1.807) is 0 Å². The Bertz CT molecular complexity index is 201. The highest BCUT2D eigenvalue weighted by Gasteiger charge is 2.30. The largest absolute Gasteiger partial charge is 0.316 e. The Morgan fingerprint density at radius 2 is 1.75 bits per heavy atom. The van der Waals surface area contributed by atoms with Gasteiger partial charge < -0.3 is 5.32 Å². The van der Waals surface area contributed by atoms with Crippen LogP contribution in [0.4, 0.5) is 0 Å². The summed E-state index contributed by atoms with van der Waals surface area (Å²) in [5.41, 5.74) is 0. The van der Waals surface area contributed by atoms with Crippen molar-refractivity contribution in [1.82, 2.24) is 5.32 Å². The Balaban J connectivity index is 1.84. The molecular formula is C14H27NS. The van der Waals surface area contributed by atoms with Crippen LogP contribution in [0, 0.1) is 5.92 Å². The summed E-state index contributed by atoms with van der Waals surface area (Å²) in [5.74, 6) is 0.950. The molecule has 2 aliphatic rings. The van der Waals surface area contributed by atoms with Crippen LogP contribution in [0.2, 0.25) is 0 Å². The summed E-state index contributed by atoms with van der Waals surface area (Å²) in [4.78, 5) is 0. The maximum atomic E-state index is 3.54. The molecule has 0 aliphatic heterocycles. The minimum atomic E-state index is 0.781.